The van der Waals surface area contributed by atoms with Gasteiger partial charge in [-0.05, 0) is 56.3 Å². The number of amides is 2. The van der Waals surface area contributed by atoms with Crippen molar-refractivity contribution in [1.82, 2.24) is 9.80 Å². The lowest BCUT2D eigenvalue weighted by Crippen LogP contribution is -2.45. The first-order valence-corrected chi connectivity index (χ1v) is 11.4. The molecular weight excluding hydrogens is 434 g/mol. The summed E-state index contributed by atoms with van der Waals surface area (Å²) in [6.07, 6.45) is -0.0875. The molecule has 3 rings (SSSR count). The average molecular weight is 470 g/mol. The minimum atomic E-state index is -0.260. The smallest absolute Gasteiger partial charge is 0.257 e. The predicted octanol–water partition coefficient (Wildman–Crippen LogP) is 3.38. The number of carbonyl (C=O) groups excluding carboxylic acids is 2. The van der Waals surface area contributed by atoms with Gasteiger partial charge in [-0.25, -0.2) is 0 Å². The van der Waals surface area contributed by atoms with Crippen LogP contribution >= 0.6 is 0 Å². The van der Waals surface area contributed by atoms with Crippen molar-refractivity contribution in [1.29, 1.82) is 0 Å². The average Bonchev–Trinajstić information content (AvgIpc) is 2.84. The van der Waals surface area contributed by atoms with Gasteiger partial charge in [-0.15, -0.1) is 0 Å². The summed E-state index contributed by atoms with van der Waals surface area (Å²) in [5.74, 6) is 0.939. The van der Waals surface area contributed by atoms with Gasteiger partial charge in [0.2, 0.25) is 0 Å². The third-order valence-corrected chi connectivity index (χ3v) is 6.37. The molecule has 34 heavy (non-hydrogen) atoms. The fourth-order valence-electron chi connectivity index (χ4n) is 3.98. The molecule has 0 aromatic heterocycles. The molecule has 0 spiro atoms. The zero-order chi connectivity index (χ0) is 24.8. The van der Waals surface area contributed by atoms with Crippen LogP contribution in [0.2, 0.25) is 0 Å². The Balaban J connectivity index is 1.87. The molecule has 1 heterocycles. The highest BCUT2D eigenvalue weighted by atomic mass is 16.5. The summed E-state index contributed by atoms with van der Waals surface area (Å²) in [6.45, 7) is 5.90. The highest BCUT2D eigenvalue weighted by Crippen LogP contribution is 2.27. The van der Waals surface area contributed by atoms with Gasteiger partial charge < -0.3 is 24.4 Å². The Morgan fingerprint density at radius 1 is 1.06 bits per heavy atom. The first kappa shape index (κ1) is 25.5. The normalized spacial score (nSPS) is 22.1. The maximum atomic E-state index is 13.3. The molecule has 8 nitrogen and oxygen atoms in total. The third-order valence-electron chi connectivity index (χ3n) is 6.37. The van der Waals surface area contributed by atoms with Gasteiger partial charge in [0.05, 0.1) is 18.8 Å². The Morgan fingerprint density at radius 3 is 2.41 bits per heavy atom. The number of nitrogens with one attached hydrogen (secondary N) is 1. The summed E-state index contributed by atoms with van der Waals surface area (Å²) >= 11 is 0. The molecule has 0 saturated heterocycles. The maximum Gasteiger partial charge on any atom is 0.257 e. The van der Waals surface area contributed by atoms with Crippen LogP contribution < -0.4 is 14.8 Å². The lowest BCUT2D eigenvalue weighted by molar-refractivity contribution is 0.0150. The number of likely N-dealkylation sites (N-methyl/N-ethyl adjacent to an activating group) is 2. The van der Waals surface area contributed by atoms with Crippen LogP contribution in [-0.2, 0) is 4.74 Å². The molecule has 2 amide bonds. The van der Waals surface area contributed by atoms with Gasteiger partial charge in [-0.3, -0.25) is 14.5 Å². The van der Waals surface area contributed by atoms with E-state index in [2.05, 4.69) is 31.1 Å². The van der Waals surface area contributed by atoms with Crippen molar-refractivity contribution in [3.8, 4) is 11.5 Å². The van der Waals surface area contributed by atoms with Gasteiger partial charge in [0.25, 0.3) is 11.8 Å². The number of anilines is 1. The van der Waals surface area contributed by atoms with Crippen molar-refractivity contribution in [2.45, 2.75) is 26.0 Å². The Kier molecular flexibility index (Phi) is 8.52. The van der Waals surface area contributed by atoms with Crippen molar-refractivity contribution in [2.24, 2.45) is 5.92 Å². The number of ether oxygens (including phenoxy) is 3. The van der Waals surface area contributed by atoms with E-state index in [9.17, 15) is 9.59 Å². The Bertz CT molecular complexity index is 994. The Labute approximate surface area is 201 Å². The van der Waals surface area contributed by atoms with Crippen LogP contribution in [0.1, 0.15) is 34.6 Å². The van der Waals surface area contributed by atoms with E-state index in [1.807, 2.05) is 0 Å². The standard InChI is InChI=1S/C26H35N3O5/c1-17-14-28(3)18(2)16-34-23-13-20(27-25(30)19-7-10-21(32-5)11-8-19)9-12-22(23)26(31)29(4)15-24(17)33-6/h7-13,17-18,24H,14-16H2,1-6H3,(H,27,30)/t17-,18+,24+/m0/s1. The van der Waals surface area contributed by atoms with Gasteiger partial charge in [-0.2, -0.15) is 0 Å². The monoisotopic (exact) mass is 469 g/mol. The van der Waals surface area contributed by atoms with E-state index in [1.165, 1.54) is 0 Å². The van der Waals surface area contributed by atoms with Crippen LogP contribution in [-0.4, -0.2) is 81.8 Å². The van der Waals surface area contributed by atoms with Crippen LogP contribution in [0, 0.1) is 5.92 Å². The molecule has 0 radical (unpaired) electrons. The molecule has 1 aliphatic heterocycles. The topological polar surface area (TPSA) is 80.3 Å². The van der Waals surface area contributed by atoms with Crippen molar-refractivity contribution in [3.05, 3.63) is 53.6 Å². The van der Waals surface area contributed by atoms with Crippen LogP contribution in [0.15, 0.2) is 42.5 Å². The minimum Gasteiger partial charge on any atom is -0.497 e. The molecule has 3 atom stereocenters. The molecule has 2 aromatic carbocycles. The second kappa shape index (κ2) is 11.4. The molecule has 1 aliphatic rings. The molecule has 0 aliphatic carbocycles. The van der Waals surface area contributed by atoms with Crippen molar-refractivity contribution >= 4 is 17.5 Å². The second-order valence-corrected chi connectivity index (χ2v) is 8.93. The molecule has 0 bridgehead atoms. The molecule has 2 aromatic rings. The number of fused-ring (bicyclic) bond motifs is 1. The van der Waals surface area contributed by atoms with E-state index in [4.69, 9.17) is 14.2 Å². The van der Waals surface area contributed by atoms with E-state index in [0.717, 1.165) is 6.54 Å². The number of benzene rings is 2. The van der Waals surface area contributed by atoms with Crippen molar-refractivity contribution < 1.29 is 23.8 Å². The minimum absolute atomic E-state index is 0.0875. The summed E-state index contributed by atoms with van der Waals surface area (Å²) in [7, 11) is 7.09. The fourth-order valence-corrected chi connectivity index (χ4v) is 3.98. The molecular formula is C26H35N3O5. The lowest BCUT2D eigenvalue weighted by Gasteiger charge is -2.34. The highest BCUT2D eigenvalue weighted by Gasteiger charge is 2.27. The van der Waals surface area contributed by atoms with Crippen molar-refractivity contribution in [2.75, 3.05) is 53.3 Å². The van der Waals surface area contributed by atoms with Crippen molar-refractivity contribution in [3.63, 3.8) is 0 Å². The first-order valence-electron chi connectivity index (χ1n) is 11.4. The quantitative estimate of drug-likeness (QED) is 0.740. The zero-order valence-electron chi connectivity index (χ0n) is 20.8. The third kappa shape index (κ3) is 6.07. The van der Waals surface area contributed by atoms with Crippen LogP contribution in [0.25, 0.3) is 0 Å². The van der Waals surface area contributed by atoms with Gasteiger partial charge in [0, 0.05) is 50.6 Å². The SMILES string of the molecule is COc1ccc(C(=O)Nc2ccc3c(c2)OC[C@@H](C)N(C)C[C@H](C)[C@H](OC)CN(C)C3=O)cc1. The number of rotatable bonds is 4. The van der Waals surface area contributed by atoms with E-state index in [0.29, 0.717) is 41.5 Å². The molecule has 8 heteroatoms. The number of hydrogen-bond acceptors (Lipinski definition) is 6. The number of nitrogens with zero attached hydrogens (tertiary/aromatic N) is 2. The summed E-state index contributed by atoms with van der Waals surface area (Å²) in [6, 6.07) is 12.1. The summed E-state index contributed by atoms with van der Waals surface area (Å²) in [4.78, 5) is 29.9. The summed E-state index contributed by atoms with van der Waals surface area (Å²) in [5.41, 5.74) is 1.50. The van der Waals surface area contributed by atoms with E-state index in [-0.39, 0.29) is 29.9 Å². The fraction of sp³-hybridized carbons (Fsp3) is 0.462. The van der Waals surface area contributed by atoms with Gasteiger partial charge >= 0.3 is 0 Å². The number of hydrogen-bond donors (Lipinski definition) is 1. The van der Waals surface area contributed by atoms with Crippen LogP contribution in [0.3, 0.4) is 0 Å². The number of carbonyl (C=O) groups is 2. The maximum absolute atomic E-state index is 13.3. The van der Waals surface area contributed by atoms with Gasteiger partial charge in [0.15, 0.2) is 0 Å². The van der Waals surface area contributed by atoms with E-state index < -0.39 is 0 Å². The van der Waals surface area contributed by atoms with Gasteiger partial charge in [-0.1, -0.05) is 6.92 Å². The first-order chi connectivity index (χ1) is 16.2. The highest BCUT2D eigenvalue weighted by molar-refractivity contribution is 6.05. The molecule has 0 fully saturated rings. The Morgan fingerprint density at radius 2 is 1.76 bits per heavy atom. The zero-order valence-corrected chi connectivity index (χ0v) is 20.8. The molecule has 184 valence electrons. The molecule has 0 saturated carbocycles. The van der Waals surface area contributed by atoms with Gasteiger partial charge in [0.1, 0.15) is 18.1 Å². The summed E-state index contributed by atoms with van der Waals surface area (Å²) in [5, 5.41) is 2.89. The van der Waals surface area contributed by atoms with E-state index in [1.54, 1.807) is 68.6 Å². The number of methoxy groups -OCH3 is 2. The molecule has 1 N–H and O–H groups in total. The van der Waals surface area contributed by atoms with Crippen LogP contribution in [0.5, 0.6) is 11.5 Å². The Hall–Kier alpha value is -3.10. The summed E-state index contributed by atoms with van der Waals surface area (Å²) < 4.78 is 17.0. The second-order valence-electron chi connectivity index (χ2n) is 8.93. The lowest BCUT2D eigenvalue weighted by atomic mass is 10.0. The van der Waals surface area contributed by atoms with Crippen LogP contribution in [0.4, 0.5) is 5.69 Å². The predicted molar refractivity (Wildman–Crippen MR) is 132 cm³/mol. The largest absolute Gasteiger partial charge is 0.497 e. The van der Waals surface area contributed by atoms with E-state index >= 15 is 0 Å². The molecule has 0 unspecified atom stereocenters.